The Morgan fingerprint density at radius 1 is 0.737 bits per heavy atom. The largest absolute Gasteiger partial charge is 0.365 e. The van der Waals surface area contributed by atoms with Gasteiger partial charge in [-0.3, -0.25) is 0 Å². The first kappa shape index (κ1) is 18.0. The van der Waals surface area contributed by atoms with Crippen LogP contribution < -0.4 is 0 Å². The first-order chi connectivity index (χ1) is 9.29. The summed E-state index contributed by atoms with van der Waals surface area (Å²) in [4.78, 5) is 0. The average molecular weight is 264 g/mol. The van der Waals surface area contributed by atoms with E-state index in [1.165, 1.54) is 12.8 Å². The molecule has 2 heteroatoms. The second-order valence-corrected chi connectivity index (χ2v) is 4.52. The molecule has 0 amide bonds. The summed E-state index contributed by atoms with van der Waals surface area (Å²) in [6.45, 7) is 4.35. The smallest absolute Gasteiger partial charge is 0.155 e. The van der Waals surface area contributed by atoms with Gasteiger partial charge in [0.1, 0.15) is 0 Å². The van der Waals surface area contributed by atoms with E-state index in [0.717, 1.165) is 32.1 Å². The third-order valence-electron chi connectivity index (χ3n) is 2.83. The van der Waals surface area contributed by atoms with Gasteiger partial charge in [-0.1, -0.05) is 45.0 Å². The lowest BCUT2D eigenvalue weighted by molar-refractivity contribution is 0.0252. The van der Waals surface area contributed by atoms with Crippen LogP contribution in [0.2, 0.25) is 0 Å². The zero-order chi connectivity index (χ0) is 14.3. The Balaban J connectivity index is 4.29. The van der Waals surface area contributed by atoms with Gasteiger partial charge in [0, 0.05) is 27.1 Å². The first-order valence-electron chi connectivity index (χ1n) is 7.32. The highest BCUT2D eigenvalue weighted by Crippen LogP contribution is 2.03. The molecular formula is C17H28O2. The van der Waals surface area contributed by atoms with E-state index in [0.29, 0.717) is 0 Å². The first-order valence-corrected chi connectivity index (χ1v) is 7.32. The van der Waals surface area contributed by atoms with E-state index < -0.39 is 0 Å². The Hall–Kier alpha value is -0.960. The zero-order valence-corrected chi connectivity index (χ0v) is 12.9. The summed E-state index contributed by atoms with van der Waals surface area (Å²) in [7, 11) is 3.31. The fourth-order valence-electron chi connectivity index (χ4n) is 1.59. The van der Waals surface area contributed by atoms with E-state index >= 15 is 0 Å². The van der Waals surface area contributed by atoms with E-state index in [-0.39, 0.29) is 12.2 Å². The molecule has 0 unspecified atom stereocenters. The lowest BCUT2D eigenvalue weighted by Crippen LogP contribution is -2.27. The minimum Gasteiger partial charge on any atom is -0.365 e. The molecule has 0 aromatic carbocycles. The SMILES string of the molecule is CCCCC#C[C@@H](OC)[C@@H](C#CCCCCC)OC. The van der Waals surface area contributed by atoms with Crippen molar-refractivity contribution in [1.82, 2.24) is 0 Å². The van der Waals surface area contributed by atoms with Crippen molar-refractivity contribution in [3.63, 3.8) is 0 Å². The quantitative estimate of drug-likeness (QED) is 0.490. The molecular weight excluding hydrogens is 236 g/mol. The molecule has 0 radical (unpaired) electrons. The Morgan fingerprint density at radius 3 is 1.63 bits per heavy atom. The van der Waals surface area contributed by atoms with Gasteiger partial charge < -0.3 is 9.47 Å². The summed E-state index contributed by atoms with van der Waals surface area (Å²) in [5, 5.41) is 0. The van der Waals surface area contributed by atoms with E-state index in [9.17, 15) is 0 Å². The van der Waals surface area contributed by atoms with Gasteiger partial charge in [0.15, 0.2) is 12.2 Å². The van der Waals surface area contributed by atoms with Crippen LogP contribution in [0, 0.1) is 23.7 Å². The fourth-order valence-corrected chi connectivity index (χ4v) is 1.59. The van der Waals surface area contributed by atoms with E-state index in [4.69, 9.17) is 9.47 Å². The average Bonchev–Trinajstić information content (AvgIpc) is 2.44. The standard InChI is InChI=1S/C17H28O2/c1-5-7-9-11-13-15-17(19-4)16(18-3)14-12-10-8-6-2/h16-17H,5-11H2,1-4H3/t16-,17-/m1/s1. The molecule has 0 bridgehead atoms. The predicted octanol–water partition coefficient (Wildman–Crippen LogP) is 3.79. The molecule has 0 aromatic heterocycles. The van der Waals surface area contributed by atoms with Gasteiger partial charge >= 0.3 is 0 Å². The summed E-state index contributed by atoms with van der Waals surface area (Å²) < 4.78 is 10.7. The van der Waals surface area contributed by atoms with Gasteiger partial charge in [-0.15, -0.1) is 11.8 Å². The number of hydrogen-bond acceptors (Lipinski definition) is 2. The fraction of sp³-hybridized carbons (Fsp3) is 0.765. The Kier molecular flexibility index (Phi) is 12.8. The highest BCUT2D eigenvalue weighted by molar-refractivity contribution is 5.17. The summed E-state index contributed by atoms with van der Waals surface area (Å²) in [6, 6.07) is 0. The highest BCUT2D eigenvalue weighted by Gasteiger charge is 2.15. The highest BCUT2D eigenvalue weighted by atomic mass is 16.5. The number of methoxy groups -OCH3 is 2. The van der Waals surface area contributed by atoms with Crippen LogP contribution in [0.15, 0.2) is 0 Å². The second-order valence-electron chi connectivity index (χ2n) is 4.52. The number of unbranched alkanes of at least 4 members (excludes halogenated alkanes) is 5. The summed E-state index contributed by atoms with van der Waals surface area (Å²) in [5.74, 6) is 12.5. The van der Waals surface area contributed by atoms with Crippen molar-refractivity contribution in [1.29, 1.82) is 0 Å². The van der Waals surface area contributed by atoms with Gasteiger partial charge in [-0.05, 0) is 12.8 Å². The monoisotopic (exact) mass is 264 g/mol. The number of ether oxygens (including phenoxy) is 2. The van der Waals surface area contributed by atoms with Crippen LogP contribution in [0.3, 0.4) is 0 Å². The minimum atomic E-state index is -0.250. The molecule has 0 aromatic rings. The van der Waals surface area contributed by atoms with Crippen LogP contribution in [0.25, 0.3) is 0 Å². The van der Waals surface area contributed by atoms with Crippen molar-refractivity contribution in [3.05, 3.63) is 0 Å². The molecule has 0 saturated heterocycles. The lowest BCUT2D eigenvalue weighted by atomic mass is 10.1. The maximum absolute atomic E-state index is 5.37. The van der Waals surface area contributed by atoms with Gasteiger partial charge in [0.2, 0.25) is 0 Å². The topological polar surface area (TPSA) is 18.5 Å². The summed E-state index contributed by atoms with van der Waals surface area (Å²) in [5.41, 5.74) is 0. The van der Waals surface area contributed by atoms with Crippen molar-refractivity contribution in [2.45, 2.75) is 71.0 Å². The Bertz CT molecular complexity index is 314. The van der Waals surface area contributed by atoms with Crippen molar-refractivity contribution in [2.24, 2.45) is 0 Å². The maximum atomic E-state index is 5.37. The van der Waals surface area contributed by atoms with Crippen molar-refractivity contribution in [3.8, 4) is 23.7 Å². The van der Waals surface area contributed by atoms with Crippen LogP contribution in [0.1, 0.15) is 58.8 Å². The van der Waals surface area contributed by atoms with Crippen molar-refractivity contribution < 1.29 is 9.47 Å². The molecule has 0 aliphatic carbocycles. The van der Waals surface area contributed by atoms with Crippen LogP contribution >= 0.6 is 0 Å². The zero-order valence-electron chi connectivity index (χ0n) is 12.9. The molecule has 0 fully saturated rings. The van der Waals surface area contributed by atoms with E-state index in [1.54, 1.807) is 14.2 Å². The molecule has 0 aliphatic rings. The predicted molar refractivity (Wildman–Crippen MR) is 80.8 cm³/mol. The van der Waals surface area contributed by atoms with Gasteiger partial charge in [0.25, 0.3) is 0 Å². The molecule has 0 heterocycles. The molecule has 2 atom stereocenters. The molecule has 0 N–H and O–H groups in total. The lowest BCUT2D eigenvalue weighted by Gasteiger charge is -2.15. The number of hydrogen-bond donors (Lipinski definition) is 0. The molecule has 0 rings (SSSR count). The Labute approximate surface area is 119 Å². The molecule has 0 aliphatic heterocycles. The summed E-state index contributed by atoms with van der Waals surface area (Å²) >= 11 is 0. The second kappa shape index (κ2) is 13.5. The number of rotatable bonds is 8. The normalized spacial score (nSPS) is 12.8. The van der Waals surface area contributed by atoms with Crippen molar-refractivity contribution in [2.75, 3.05) is 14.2 Å². The third-order valence-corrected chi connectivity index (χ3v) is 2.83. The van der Waals surface area contributed by atoms with Crippen LogP contribution in [-0.2, 0) is 9.47 Å². The van der Waals surface area contributed by atoms with Crippen LogP contribution in [0.5, 0.6) is 0 Å². The molecule has 0 saturated carbocycles. The maximum Gasteiger partial charge on any atom is 0.155 e. The van der Waals surface area contributed by atoms with E-state index in [2.05, 4.69) is 37.5 Å². The third kappa shape index (κ3) is 9.60. The Morgan fingerprint density at radius 2 is 1.21 bits per heavy atom. The molecule has 2 nitrogen and oxygen atoms in total. The summed E-state index contributed by atoms with van der Waals surface area (Å²) in [6.07, 6.45) is 7.24. The van der Waals surface area contributed by atoms with E-state index in [1.807, 2.05) is 0 Å². The molecule has 0 spiro atoms. The van der Waals surface area contributed by atoms with Gasteiger partial charge in [-0.2, -0.15) is 0 Å². The van der Waals surface area contributed by atoms with Crippen LogP contribution in [-0.4, -0.2) is 26.4 Å². The van der Waals surface area contributed by atoms with Crippen LogP contribution in [0.4, 0.5) is 0 Å². The minimum absolute atomic E-state index is 0.249. The van der Waals surface area contributed by atoms with Crippen molar-refractivity contribution >= 4 is 0 Å². The molecule has 108 valence electrons. The van der Waals surface area contributed by atoms with Gasteiger partial charge in [0.05, 0.1) is 0 Å². The van der Waals surface area contributed by atoms with Gasteiger partial charge in [-0.25, -0.2) is 0 Å². The molecule has 19 heavy (non-hydrogen) atoms.